The Morgan fingerprint density at radius 1 is 0.732 bits per heavy atom. The Morgan fingerprint density at radius 3 is 1.63 bits per heavy atom. The van der Waals surface area contributed by atoms with Gasteiger partial charge in [0.15, 0.2) is 15.3 Å². The summed E-state index contributed by atoms with van der Waals surface area (Å²) in [5, 5.41) is 15.1. The van der Waals surface area contributed by atoms with E-state index in [4.69, 9.17) is 48.9 Å². The molecule has 0 aliphatic carbocycles. The number of hydrogen-bond donors (Lipinski definition) is 4. The van der Waals surface area contributed by atoms with Gasteiger partial charge < -0.3 is 36.0 Å². The van der Waals surface area contributed by atoms with Crippen molar-refractivity contribution in [2.24, 2.45) is 10.8 Å². The second kappa shape index (κ2) is 16.1. The van der Waals surface area contributed by atoms with E-state index < -0.39 is 0 Å². The minimum absolute atomic E-state index is 0.0294. The monoisotopic (exact) mass is 644 g/mol. The molecule has 0 spiro atoms. The highest BCUT2D eigenvalue weighted by atomic mass is 32.1. The number of hydrogen-bond acceptors (Lipinski definition) is 6. The molecule has 10 nitrogen and oxygen atoms in total. The van der Waals surface area contributed by atoms with Gasteiger partial charge in [0.1, 0.15) is 11.5 Å². The van der Waals surface area contributed by atoms with Crippen LogP contribution in [-0.2, 0) is 4.79 Å². The van der Waals surface area contributed by atoms with Crippen molar-refractivity contribution in [1.29, 1.82) is 0 Å². The van der Waals surface area contributed by atoms with Gasteiger partial charge in [-0.3, -0.25) is 9.69 Å². The molecule has 2 aliphatic heterocycles. The van der Waals surface area contributed by atoms with E-state index >= 15 is 0 Å². The molecule has 3 amide bonds. The molecule has 41 heavy (non-hydrogen) atoms. The number of likely N-dealkylation sites (N-methyl/N-ethyl adjacent to an activating group) is 2. The summed E-state index contributed by atoms with van der Waals surface area (Å²) in [6, 6.07) is -0.195. The van der Waals surface area contributed by atoms with Gasteiger partial charge in [-0.15, -0.1) is 0 Å². The fourth-order valence-electron chi connectivity index (χ4n) is 4.65. The molecule has 0 aromatic heterocycles. The van der Waals surface area contributed by atoms with Crippen LogP contribution in [0.15, 0.2) is 0 Å². The van der Waals surface area contributed by atoms with Crippen molar-refractivity contribution in [3.8, 4) is 0 Å². The van der Waals surface area contributed by atoms with Crippen molar-refractivity contribution in [3.63, 3.8) is 0 Å². The summed E-state index contributed by atoms with van der Waals surface area (Å²) in [7, 11) is 0. The number of rotatable bonds is 16. The first-order valence-corrected chi connectivity index (χ1v) is 16.0. The van der Waals surface area contributed by atoms with Crippen LogP contribution in [0.1, 0.15) is 60.8 Å². The van der Waals surface area contributed by atoms with Gasteiger partial charge in [0.2, 0.25) is 5.91 Å². The first-order chi connectivity index (χ1) is 19.2. The highest BCUT2D eigenvalue weighted by molar-refractivity contribution is 7.82. The first kappa shape index (κ1) is 35.3. The molecule has 232 valence electrons. The van der Waals surface area contributed by atoms with Crippen molar-refractivity contribution in [2.45, 2.75) is 60.8 Å². The Balaban J connectivity index is 1.54. The third kappa shape index (κ3) is 11.4. The van der Waals surface area contributed by atoms with E-state index in [-0.39, 0.29) is 29.3 Å². The van der Waals surface area contributed by atoms with Gasteiger partial charge in [0.05, 0.1) is 6.54 Å². The summed E-state index contributed by atoms with van der Waals surface area (Å²) in [6.45, 7) is 18.9. The SMILES string of the molecule is CCN1CC(=O)N(CC(C)(C)CCNC(=S)NCCCNC(=S)NCCC(C)(C)CN2C(=S)CN(CC)C2=S)C1=O. The van der Waals surface area contributed by atoms with Crippen LogP contribution in [0.2, 0.25) is 0 Å². The molecule has 0 aromatic rings. The van der Waals surface area contributed by atoms with E-state index in [2.05, 4.69) is 65.7 Å². The number of amides is 3. The van der Waals surface area contributed by atoms with E-state index in [9.17, 15) is 9.59 Å². The third-order valence-corrected chi connectivity index (χ3v) is 8.70. The minimum Gasteiger partial charge on any atom is -0.363 e. The number of imide groups is 1. The maximum atomic E-state index is 12.4. The second-order valence-electron chi connectivity index (χ2n) is 12.1. The molecule has 0 saturated carbocycles. The molecule has 2 heterocycles. The van der Waals surface area contributed by atoms with Gasteiger partial charge in [0.25, 0.3) is 0 Å². The smallest absolute Gasteiger partial charge is 0.327 e. The standard InChI is InChI=1S/C27H48N8O2S4/c1-7-32-16-20(36)34(24(32)37)18-26(3,4)10-14-30-22(39)28-12-9-13-29-23(40)31-15-11-27(5,6)19-35-21(38)17-33(8-2)25(35)41/h7-19H2,1-6H3,(H2,28,30,39)(H2,29,31,40). The molecule has 0 bridgehead atoms. The van der Waals surface area contributed by atoms with Crippen molar-refractivity contribution >= 4 is 81.1 Å². The van der Waals surface area contributed by atoms with E-state index in [1.165, 1.54) is 4.90 Å². The number of nitrogens with one attached hydrogen (secondary N) is 4. The summed E-state index contributed by atoms with van der Waals surface area (Å²) in [5.74, 6) is -0.126. The van der Waals surface area contributed by atoms with Crippen molar-refractivity contribution in [1.82, 2.24) is 40.9 Å². The molecule has 2 fully saturated rings. The van der Waals surface area contributed by atoms with Crippen LogP contribution in [0.3, 0.4) is 0 Å². The Kier molecular flexibility index (Phi) is 13.8. The Bertz CT molecular complexity index is 914. The number of carbonyl (C=O) groups excluding carboxylic acids is 2. The largest absolute Gasteiger partial charge is 0.363 e. The molecule has 4 N–H and O–H groups in total. The predicted octanol–water partition coefficient (Wildman–Crippen LogP) is 2.67. The fourth-order valence-corrected chi connectivity index (χ4v) is 5.79. The molecular weight excluding hydrogens is 597 g/mol. The van der Waals surface area contributed by atoms with Crippen LogP contribution >= 0.6 is 48.9 Å². The maximum Gasteiger partial charge on any atom is 0.327 e. The number of thiocarbonyl (C=S) groups is 4. The van der Waals surface area contributed by atoms with E-state index in [1.807, 2.05) is 6.92 Å². The predicted molar refractivity (Wildman–Crippen MR) is 182 cm³/mol. The number of carbonyl (C=O) groups is 2. The molecule has 0 aromatic carbocycles. The van der Waals surface area contributed by atoms with Crippen LogP contribution in [0, 0.1) is 10.8 Å². The molecule has 2 rings (SSSR count). The average molecular weight is 645 g/mol. The van der Waals surface area contributed by atoms with Gasteiger partial charge in [-0.25, -0.2) is 4.79 Å². The normalized spacial score (nSPS) is 16.1. The average Bonchev–Trinajstić information content (AvgIpc) is 3.31. The fraction of sp³-hybridized carbons (Fsp3) is 0.778. The van der Waals surface area contributed by atoms with Crippen molar-refractivity contribution in [3.05, 3.63) is 0 Å². The molecule has 14 heteroatoms. The van der Waals surface area contributed by atoms with Crippen LogP contribution in [-0.4, -0.2) is 117 Å². The summed E-state index contributed by atoms with van der Waals surface area (Å²) in [5.41, 5.74) is -0.189. The molecule has 2 saturated heterocycles. The van der Waals surface area contributed by atoms with Gasteiger partial charge in [-0.2, -0.15) is 0 Å². The minimum atomic E-state index is -0.219. The van der Waals surface area contributed by atoms with Gasteiger partial charge in [0, 0.05) is 52.4 Å². The van der Waals surface area contributed by atoms with Gasteiger partial charge in [-0.05, 0) is 80.6 Å². The zero-order valence-corrected chi connectivity index (χ0v) is 28.7. The lowest BCUT2D eigenvalue weighted by atomic mass is 9.88. The summed E-state index contributed by atoms with van der Waals surface area (Å²) in [4.78, 5) is 32.6. The molecule has 0 radical (unpaired) electrons. The first-order valence-electron chi connectivity index (χ1n) is 14.4. The molecule has 0 unspecified atom stereocenters. The van der Waals surface area contributed by atoms with E-state index in [0.717, 1.165) is 62.1 Å². The number of urea groups is 1. The zero-order chi connectivity index (χ0) is 30.8. The Labute approximate surface area is 267 Å². The Hall–Kier alpha value is -1.90. The van der Waals surface area contributed by atoms with E-state index in [0.29, 0.717) is 36.4 Å². The van der Waals surface area contributed by atoms with Gasteiger partial charge >= 0.3 is 6.03 Å². The highest BCUT2D eigenvalue weighted by Gasteiger charge is 2.38. The van der Waals surface area contributed by atoms with Crippen molar-refractivity contribution < 1.29 is 9.59 Å². The Morgan fingerprint density at radius 2 is 1.20 bits per heavy atom. The van der Waals surface area contributed by atoms with Crippen LogP contribution < -0.4 is 21.3 Å². The van der Waals surface area contributed by atoms with Crippen LogP contribution in [0.25, 0.3) is 0 Å². The second-order valence-corrected chi connectivity index (χ2v) is 13.8. The highest BCUT2D eigenvalue weighted by Crippen LogP contribution is 2.25. The third-order valence-electron chi connectivity index (χ3n) is 7.29. The lowest BCUT2D eigenvalue weighted by Gasteiger charge is -2.31. The zero-order valence-electron chi connectivity index (χ0n) is 25.4. The molecular formula is C27H48N8O2S4. The quantitative estimate of drug-likeness (QED) is 0.113. The van der Waals surface area contributed by atoms with Crippen LogP contribution in [0.4, 0.5) is 4.79 Å². The summed E-state index contributed by atoms with van der Waals surface area (Å²) in [6.07, 6.45) is 2.55. The summed E-state index contributed by atoms with van der Waals surface area (Å²) < 4.78 is 0. The maximum absolute atomic E-state index is 12.4. The van der Waals surface area contributed by atoms with Crippen molar-refractivity contribution in [2.75, 3.05) is 65.4 Å². The topological polar surface area (TPSA) is 95.2 Å². The lowest BCUT2D eigenvalue weighted by Crippen LogP contribution is -2.43. The van der Waals surface area contributed by atoms with E-state index in [1.54, 1.807) is 4.90 Å². The summed E-state index contributed by atoms with van der Waals surface area (Å²) >= 11 is 22.0. The molecule has 2 aliphatic rings. The number of nitrogens with zero attached hydrogens (tertiary/aromatic N) is 4. The van der Waals surface area contributed by atoms with Crippen LogP contribution in [0.5, 0.6) is 0 Å². The van der Waals surface area contributed by atoms with Gasteiger partial charge in [-0.1, -0.05) is 39.9 Å². The lowest BCUT2D eigenvalue weighted by molar-refractivity contribution is -0.126. The molecule has 0 atom stereocenters.